The highest BCUT2D eigenvalue weighted by Gasteiger charge is 2.62. The zero-order valence-corrected chi connectivity index (χ0v) is 14.8. The van der Waals surface area contributed by atoms with Crippen molar-refractivity contribution in [1.82, 2.24) is 0 Å². The molecular formula is C16H22BFN2O2S. The number of hydrogen-bond acceptors (Lipinski definition) is 5. The number of nitriles is 2. The van der Waals surface area contributed by atoms with Gasteiger partial charge in [0.25, 0.3) is 0 Å². The molecule has 0 amide bonds. The summed E-state index contributed by atoms with van der Waals surface area (Å²) >= 11 is 1.29. The Hall–Kier alpha value is -0.755. The first-order valence-corrected chi connectivity index (χ1v) is 9.17. The molecule has 0 radical (unpaired) electrons. The molecule has 0 aromatic rings. The molecule has 0 aromatic carbocycles. The van der Waals surface area contributed by atoms with Gasteiger partial charge in [-0.15, -0.1) is 11.8 Å². The second-order valence-electron chi connectivity index (χ2n) is 7.84. The summed E-state index contributed by atoms with van der Waals surface area (Å²) in [5.41, 5.74) is -1.94. The minimum atomic E-state index is -0.958. The fourth-order valence-corrected chi connectivity index (χ4v) is 5.46. The third-order valence-electron chi connectivity index (χ3n) is 6.10. The lowest BCUT2D eigenvalue weighted by Crippen LogP contribution is -2.45. The zero-order valence-electron chi connectivity index (χ0n) is 14.0. The summed E-state index contributed by atoms with van der Waals surface area (Å²) < 4.78 is 26.6. The zero-order chi connectivity index (χ0) is 17.0. The second kappa shape index (κ2) is 5.65. The summed E-state index contributed by atoms with van der Waals surface area (Å²) in [7, 11) is -0.556. The van der Waals surface area contributed by atoms with Crippen LogP contribution in [0.2, 0.25) is 5.82 Å². The molecule has 2 heterocycles. The van der Waals surface area contributed by atoms with Gasteiger partial charge < -0.3 is 9.31 Å². The molecule has 6 unspecified atom stereocenters. The number of nitrogens with zero attached hydrogens (tertiary/aromatic N) is 2. The first kappa shape index (κ1) is 17.1. The lowest BCUT2D eigenvalue weighted by atomic mass is 9.50. The standard InChI is InChI=1S/C16H22BFN2O2S/c1-15(2)16(3,4)22-17(21-15)13-11(7-20)9(6-19)5-10-12(13)8-23-14(10)18/h9-14H,5,8H2,1-4H3. The predicted molar refractivity (Wildman–Crippen MR) is 87.0 cm³/mol. The molecule has 0 bridgehead atoms. The number of alkyl halides is 1. The molecule has 0 N–H and O–H groups in total. The summed E-state index contributed by atoms with van der Waals surface area (Å²) in [6.07, 6.45) is 0.462. The van der Waals surface area contributed by atoms with Gasteiger partial charge in [-0.1, -0.05) is 0 Å². The predicted octanol–water partition coefficient (Wildman–Crippen LogP) is 3.41. The smallest absolute Gasteiger partial charge is 0.403 e. The van der Waals surface area contributed by atoms with Gasteiger partial charge >= 0.3 is 7.12 Å². The summed E-state index contributed by atoms with van der Waals surface area (Å²) in [6, 6.07) is 4.52. The first-order valence-electron chi connectivity index (χ1n) is 8.12. The van der Waals surface area contributed by atoms with E-state index in [4.69, 9.17) is 9.31 Å². The Labute approximate surface area is 141 Å². The molecule has 6 atom stereocenters. The van der Waals surface area contributed by atoms with Gasteiger partial charge in [-0.2, -0.15) is 10.5 Å². The van der Waals surface area contributed by atoms with Crippen LogP contribution >= 0.6 is 11.8 Å². The molecule has 124 valence electrons. The summed E-state index contributed by atoms with van der Waals surface area (Å²) in [5, 5.41) is 19.1. The Balaban J connectivity index is 1.94. The topological polar surface area (TPSA) is 66.0 Å². The van der Waals surface area contributed by atoms with Crippen LogP contribution in [0.25, 0.3) is 0 Å². The Morgan fingerprint density at radius 3 is 2.22 bits per heavy atom. The van der Waals surface area contributed by atoms with Crippen molar-refractivity contribution in [2.24, 2.45) is 23.7 Å². The molecule has 0 aromatic heterocycles. The van der Waals surface area contributed by atoms with E-state index in [1.807, 2.05) is 27.7 Å². The Morgan fingerprint density at radius 2 is 1.70 bits per heavy atom. The highest BCUT2D eigenvalue weighted by molar-refractivity contribution is 8.00. The molecule has 3 rings (SSSR count). The van der Waals surface area contributed by atoms with Crippen molar-refractivity contribution in [3.63, 3.8) is 0 Å². The van der Waals surface area contributed by atoms with Gasteiger partial charge in [-0.05, 0) is 45.8 Å². The summed E-state index contributed by atoms with van der Waals surface area (Å²) in [4.78, 5) is 0. The van der Waals surface area contributed by atoms with Crippen molar-refractivity contribution >= 4 is 18.9 Å². The van der Waals surface area contributed by atoms with Crippen molar-refractivity contribution in [3.8, 4) is 12.1 Å². The SMILES string of the molecule is CC1(C)OB(C2C(C#N)C(C#N)CC3C(F)SCC32)OC1(C)C. The highest BCUT2D eigenvalue weighted by Crippen LogP contribution is 2.57. The average Bonchev–Trinajstić information content (AvgIpc) is 2.94. The Kier molecular flexibility index (Phi) is 4.20. The van der Waals surface area contributed by atoms with Crippen molar-refractivity contribution < 1.29 is 13.7 Å². The Morgan fingerprint density at radius 1 is 1.09 bits per heavy atom. The monoisotopic (exact) mass is 336 g/mol. The maximum absolute atomic E-state index is 14.3. The van der Waals surface area contributed by atoms with Crippen LogP contribution in [0.3, 0.4) is 0 Å². The summed E-state index contributed by atoms with van der Waals surface area (Å²) in [6.45, 7) is 7.88. The number of halogens is 1. The maximum Gasteiger partial charge on any atom is 0.462 e. The van der Waals surface area contributed by atoms with Crippen LogP contribution in [0.5, 0.6) is 0 Å². The molecule has 0 spiro atoms. The second-order valence-corrected chi connectivity index (χ2v) is 8.96. The number of fused-ring (bicyclic) bond motifs is 1. The van der Waals surface area contributed by atoms with Crippen LogP contribution in [-0.2, 0) is 9.31 Å². The van der Waals surface area contributed by atoms with Crippen LogP contribution in [0.4, 0.5) is 4.39 Å². The van der Waals surface area contributed by atoms with Crippen LogP contribution < -0.4 is 0 Å². The third kappa shape index (κ3) is 2.58. The van der Waals surface area contributed by atoms with Crippen LogP contribution in [-0.4, -0.2) is 29.6 Å². The maximum atomic E-state index is 14.3. The van der Waals surface area contributed by atoms with Crippen molar-refractivity contribution in [1.29, 1.82) is 10.5 Å². The average molecular weight is 336 g/mol. The molecule has 2 aliphatic heterocycles. The molecule has 23 heavy (non-hydrogen) atoms. The first-order chi connectivity index (χ1) is 10.7. The molecule has 3 fully saturated rings. The van der Waals surface area contributed by atoms with E-state index in [-0.39, 0.29) is 17.7 Å². The van der Waals surface area contributed by atoms with Crippen LogP contribution in [0.1, 0.15) is 34.1 Å². The van der Waals surface area contributed by atoms with Gasteiger partial charge in [-0.25, -0.2) is 4.39 Å². The quantitative estimate of drug-likeness (QED) is 0.687. The minimum Gasteiger partial charge on any atom is -0.403 e. The molecule has 4 nitrogen and oxygen atoms in total. The Bertz CT molecular complexity index is 557. The summed E-state index contributed by atoms with van der Waals surface area (Å²) in [5.74, 6) is -0.671. The third-order valence-corrected chi connectivity index (χ3v) is 7.35. The molecular weight excluding hydrogens is 314 g/mol. The van der Waals surface area contributed by atoms with Gasteiger partial charge in [-0.3, -0.25) is 0 Å². The van der Waals surface area contributed by atoms with Gasteiger partial charge in [0.05, 0.1) is 35.2 Å². The van der Waals surface area contributed by atoms with Crippen LogP contribution in [0.15, 0.2) is 0 Å². The van der Waals surface area contributed by atoms with Gasteiger partial charge in [0.1, 0.15) is 5.50 Å². The molecule has 1 saturated carbocycles. The lowest BCUT2D eigenvalue weighted by Gasteiger charge is -2.40. The molecule has 2 saturated heterocycles. The van der Waals surface area contributed by atoms with Crippen molar-refractivity contribution in [2.45, 2.75) is 56.6 Å². The van der Waals surface area contributed by atoms with E-state index in [1.54, 1.807) is 0 Å². The van der Waals surface area contributed by atoms with E-state index in [0.717, 1.165) is 0 Å². The van der Waals surface area contributed by atoms with Gasteiger partial charge in [0.2, 0.25) is 0 Å². The number of rotatable bonds is 1. The molecule has 3 aliphatic rings. The van der Waals surface area contributed by atoms with E-state index in [2.05, 4.69) is 12.1 Å². The normalized spacial score (nSPS) is 44.4. The highest BCUT2D eigenvalue weighted by atomic mass is 32.2. The number of thioether (sulfide) groups is 1. The van der Waals surface area contributed by atoms with E-state index in [1.165, 1.54) is 11.8 Å². The van der Waals surface area contributed by atoms with Gasteiger partial charge in [0, 0.05) is 11.7 Å². The van der Waals surface area contributed by atoms with Gasteiger partial charge in [0.15, 0.2) is 0 Å². The molecule has 1 aliphatic carbocycles. The fraction of sp³-hybridized carbons (Fsp3) is 0.875. The molecule has 7 heteroatoms. The van der Waals surface area contributed by atoms with E-state index >= 15 is 0 Å². The van der Waals surface area contributed by atoms with E-state index in [0.29, 0.717) is 12.2 Å². The van der Waals surface area contributed by atoms with Crippen LogP contribution in [0, 0.1) is 46.3 Å². The largest absolute Gasteiger partial charge is 0.462 e. The minimum absolute atomic E-state index is 0.0268. The van der Waals surface area contributed by atoms with Crippen molar-refractivity contribution in [3.05, 3.63) is 0 Å². The van der Waals surface area contributed by atoms with E-state index < -0.39 is 35.7 Å². The lowest BCUT2D eigenvalue weighted by molar-refractivity contribution is 0.00578. The number of hydrogen-bond donors (Lipinski definition) is 0. The van der Waals surface area contributed by atoms with Crippen molar-refractivity contribution in [2.75, 3.05) is 5.75 Å². The fourth-order valence-electron chi connectivity index (χ4n) is 4.02. The van der Waals surface area contributed by atoms with E-state index in [9.17, 15) is 14.9 Å².